The van der Waals surface area contributed by atoms with Crippen molar-refractivity contribution < 1.29 is 0 Å². The summed E-state index contributed by atoms with van der Waals surface area (Å²) in [5.74, 6) is 0. The topological polar surface area (TPSA) is 15.3 Å². The summed E-state index contributed by atoms with van der Waals surface area (Å²) in [6.45, 7) is 17.9. The minimum atomic E-state index is -0.159. The predicted molar refractivity (Wildman–Crippen MR) is 106 cm³/mol. The highest BCUT2D eigenvalue weighted by Gasteiger charge is 2.28. The zero-order valence-electron chi connectivity index (χ0n) is 16.5. The normalized spacial score (nSPS) is 13.1. The zero-order valence-corrected chi connectivity index (χ0v) is 17.9. The second-order valence-electron chi connectivity index (χ2n) is 7.03. The van der Waals surface area contributed by atoms with Crippen molar-refractivity contribution in [3.8, 4) is 0 Å². The van der Waals surface area contributed by atoms with Gasteiger partial charge in [-0.25, -0.2) is 0 Å². The van der Waals surface area contributed by atoms with Crippen molar-refractivity contribution >= 4 is 9.68 Å². The lowest BCUT2D eigenvalue weighted by Gasteiger charge is -2.39. The maximum Gasteiger partial charge on any atom is 0.0953 e. The maximum absolute atomic E-state index is 4.12. The van der Waals surface area contributed by atoms with Gasteiger partial charge in [-0.15, -0.1) is 0 Å². The largest absolute Gasteiger partial charge is 0.336 e. The average Bonchev–Trinajstić information content (AvgIpc) is 2.56. The number of nitrogens with zero attached hydrogens (tertiary/aromatic N) is 1. The van der Waals surface area contributed by atoms with Gasteiger partial charge in [0, 0.05) is 12.1 Å². The number of unbranched alkanes of at least 4 members (excludes halogenated alkanes) is 2. The van der Waals surface area contributed by atoms with E-state index >= 15 is 0 Å². The zero-order chi connectivity index (χ0) is 16.8. The van der Waals surface area contributed by atoms with Gasteiger partial charge in [-0.2, -0.15) is 0 Å². The fourth-order valence-electron chi connectivity index (χ4n) is 3.18. The molecule has 0 rings (SSSR count). The molecule has 0 heterocycles. The van der Waals surface area contributed by atoms with Crippen molar-refractivity contribution in [2.45, 2.75) is 104 Å². The molecule has 134 valence electrons. The van der Waals surface area contributed by atoms with Gasteiger partial charge in [0.1, 0.15) is 0 Å². The Bertz CT molecular complexity index is 230. The Morgan fingerprint density at radius 1 is 0.864 bits per heavy atom. The summed E-state index contributed by atoms with van der Waals surface area (Å²) in [4.78, 5) is 6.86. The molecular formula is C19H44N2Si. The Morgan fingerprint density at radius 3 is 1.73 bits per heavy atom. The van der Waals surface area contributed by atoms with Gasteiger partial charge in [0.05, 0.1) is 9.68 Å². The Hall–Kier alpha value is 0.137. The van der Waals surface area contributed by atoms with E-state index in [2.05, 4.69) is 51.4 Å². The van der Waals surface area contributed by atoms with Gasteiger partial charge < -0.3 is 9.88 Å². The first kappa shape index (κ1) is 22.1. The number of rotatable bonds is 15. The van der Waals surface area contributed by atoms with Crippen LogP contribution in [0, 0.1) is 0 Å². The van der Waals surface area contributed by atoms with Crippen LogP contribution in [-0.4, -0.2) is 39.8 Å². The molecular weight excluding hydrogens is 284 g/mol. The third kappa shape index (κ3) is 8.69. The first-order valence-electron chi connectivity index (χ1n) is 10.1. The van der Waals surface area contributed by atoms with E-state index in [0.29, 0.717) is 5.54 Å². The van der Waals surface area contributed by atoms with Crippen molar-refractivity contribution in [3.05, 3.63) is 0 Å². The van der Waals surface area contributed by atoms with Gasteiger partial charge in [0.15, 0.2) is 0 Å². The summed E-state index contributed by atoms with van der Waals surface area (Å²) < 4.78 is 0. The van der Waals surface area contributed by atoms with Crippen LogP contribution >= 0.6 is 0 Å². The van der Waals surface area contributed by atoms with E-state index in [4.69, 9.17) is 0 Å². The van der Waals surface area contributed by atoms with Crippen LogP contribution in [0.15, 0.2) is 0 Å². The molecule has 0 fully saturated rings. The van der Waals surface area contributed by atoms with Crippen LogP contribution in [0.3, 0.4) is 0 Å². The van der Waals surface area contributed by atoms with Crippen LogP contribution in [0.1, 0.15) is 92.9 Å². The molecule has 0 aromatic rings. The van der Waals surface area contributed by atoms with Gasteiger partial charge in [-0.3, -0.25) is 0 Å². The lowest BCUT2D eigenvalue weighted by Crippen LogP contribution is -2.55. The second kappa shape index (κ2) is 13.6. The lowest BCUT2D eigenvalue weighted by atomic mass is 9.93. The first-order valence-corrected chi connectivity index (χ1v) is 11.6. The first-order chi connectivity index (χ1) is 10.6. The summed E-state index contributed by atoms with van der Waals surface area (Å²) >= 11 is 0. The van der Waals surface area contributed by atoms with Crippen molar-refractivity contribution in [1.29, 1.82) is 0 Å². The van der Waals surface area contributed by atoms with E-state index in [1.807, 2.05) is 0 Å². The van der Waals surface area contributed by atoms with Crippen molar-refractivity contribution in [1.82, 2.24) is 9.88 Å². The maximum atomic E-state index is 4.12. The average molecular weight is 329 g/mol. The van der Waals surface area contributed by atoms with Gasteiger partial charge in [0.25, 0.3) is 0 Å². The molecule has 0 aliphatic heterocycles. The minimum Gasteiger partial charge on any atom is -0.336 e. The van der Waals surface area contributed by atoms with Gasteiger partial charge >= 0.3 is 0 Å². The molecule has 0 bridgehead atoms. The molecule has 0 saturated carbocycles. The third-order valence-corrected chi connectivity index (χ3v) is 8.14. The van der Waals surface area contributed by atoms with E-state index in [1.54, 1.807) is 0 Å². The molecule has 1 N–H and O–H groups in total. The van der Waals surface area contributed by atoms with Gasteiger partial charge in [-0.05, 0) is 44.3 Å². The summed E-state index contributed by atoms with van der Waals surface area (Å²) in [5.41, 5.74) is 1.34. The van der Waals surface area contributed by atoms with Crippen LogP contribution in [0.4, 0.5) is 0 Å². The highest BCUT2D eigenvalue weighted by Crippen LogP contribution is 2.20. The predicted octanol–water partition coefficient (Wildman–Crippen LogP) is 4.73. The monoisotopic (exact) mass is 328 g/mol. The van der Waals surface area contributed by atoms with E-state index in [9.17, 15) is 0 Å². The summed E-state index contributed by atoms with van der Waals surface area (Å²) in [5, 5.41) is 0. The van der Waals surface area contributed by atoms with Gasteiger partial charge in [-0.1, -0.05) is 67.2 Å². The second-order valence-corrected chi connectivity index (χ2v) is 8.95. The molecule has 0 amide bonds. The fourth-order valence-corrected chi connectivity index (χ4v) is 5.09. The van der Waals surface area contributed by atoms with Crippen LogP contribution in [-0.2, 0) is 0 Å². The Morgan fingerprint density at radius 2 is 1.36 bits per heavy atom. The van der Waals surface area contributed by atoms with Crippen molar-refractivity contribution in [2.24, 2.45) is 0 Å². The molecule has 0 aromatic carbocycles. The Balaban J connectivity index is 4.69. The van der Waals surface area contributed by atoms with Crippen LogP contribution < -0.4 is 4.98 Å². The molecule has 0 atom stereocenters. The molecule has 22 heavy (non-hydrogen) atoms. The van der Waals surface area contributed by atoms with E-state index in [0.717, 1.165) is 5.54 Å². The highest BCUT2D eigenvalue weighted by atomic mass is 28.2. The molecule has 0 aliphatic carbocycles. The van der Waals surface area contributed by atoms with Crippen LogP contribution in [0.25, 0.3) is 0 Å². The standard InChI is InChI=1S/C19H44N2Si/c1-7-13-15-21(16-14-8-2)17-19(11-5,12-6)20-22-18(9-3)10-4/h18,20H,7-17,22H2,1-6H3. The third-order valence-electron chi connectivity index (χ3n) is 5.46. The SMILES string of the molecule is CCCCN(CCCC)CC(CC)(CC)N[SiH2]C(CC)CC. The molecule has 0 radical (unpaired) electrons. The van der Waals surface area contributed by atoms with Crippen LogP contribution in [0.2, 0.25) is 5.54 Å². The molecule has 0 saturated heterocycles. The smallest absolute Gasteiger partial charge is 0.0953 e. The minimum absolute atomic E-state index is 0.159. The number of nitrogens with one attached hydrogen (secondary N) is 1. The Kier molecular flexibility index (Phi) is 13.6. The van der Waals surface area contributed by atoms with E-state index in [-0.39, 0.29) is 9.68 Å². The summed E-state index contributed by atoms with van der Waals surface area (Å²) in [7, 11) is -0.159. The molecule has 3 heteroatoms. The Labute approximate surface area is 143 Å². The van der Waals surface area contributed by atoms with E-state index in [1.165, 1.54) is 71.0 Å². The fraction of sp³-hybridized carbons (Fsp3) is 1.00. The summed E-state index contributed by atoms with van der Waals surface area (Å²) in [6, 6.07) is 0. The van der Waals surface area contributed by atoms with Crippen LogP contribution in [0.5, 0.6) is 0 Å². The number of hydrogen-bond acceptors (Lipinski definition) is 2. The van der Waals surface area contributed by atoms with E-state index < -0.39 is 0 Å². The molecule has 2 nitrogen and oxygen atoms in total. The molecule has 0 aliphatic rings. The molecule has 0 spiro atoms. The number of hydrogen-bond donors (Lipinski definition) is 1. The van der Waals surface area contributed by atoms with Crippen molar-refractivity contribution in [3.63, 3.8) is 0 Å². The quantitative estimate of drug-likeness (QED) is 0.437. The molecule has 0 unspecified atom stereocenters. The highest BCUT2D eigenvalue weighted by molar-refractivity contribution is 6.34. The van der Waals surface area contributed by atoms with Gasteiger partial charge in [0.2, 0.25) is 0 Å². The summed E-state index contributed by atoms with van der Waals surface area (Å²) in [6.07, 6.45) is 10.6. The lowest BCUT2D eigenvalue weighted by molar-refractivity contribution is 0.182. The van der Waals surface area contributed by atoms with Crippen molar-refractivity contribution in [2.75, 3.05) is 19.6 Å². The molecule has 0 aromatic heterocycles.